The SMILES string of the molecule is C[C@H](Oc1cc([N+]2=NC(C(=O)O)C=C2)nc(-c2onc3c2CCC[C@@]32CCCc3sc(N)c(C#N)c32)n1)[C@@H]1CCCN1C. The number of hydrogen-bond acceptors (Lipinski definition) is 11. The molecule has 3 N–H and O–H groups in total. The van der Waals surface area contributed by atoms with Gasteiger partial charge in [-0.05, 0) is 88.5 Å². The summed E-state index contributed by atoms with van der Waals surface area (Å²) in [6.45, 7) is 3.05. The number of carbonyl (C=O) groups is 1. The second kappa shape index (κ2) is 10.5. The van der Waals surface area contributed by atoms with Gasteiger partial charge in [-0.1, -0.05) is 10.3 Å². The summed E-state index contributed by atoms with van der Waals surface area (Å²) < 4.78 is 13.9. The minimum Gasteiger partial charge on any atom is -0.479 e. The normalized spacial score (nSPS) is 25.3. The Morgan fingerprint density at radius 2 is 2.14 bits per heavy atom. The van der Waals surface area contributed by atoms with Crippen LogP contribution in [0.3, 0.4) is 0 Å². The number of ether oxygens (including phenoxy) is 1. The van der Waals surface area contributed by atoms with E-state index in [0.717, 1.165) is 79.6 Å². The number of aliphatic carboxylic acids is 1. The average Bonchev–Trinajstić information content (AvgIpc) is 3.78. The van der Waals surface area contributed by atoms with Crippen LogP contribution in [0.2, 0.25) is 0 Å². The number of likely N-dealkylation sites (N-methyl/N-ethyl adjacent to an activating group) is 1. The Balaban J connectivity index is 1.33. The van der Waals surface area contributed by atoms with Crippen molar-refractivity contribution in [2.45, 2.75) is 81.9 Å². The third-order valence-corrected chi connectivity index (χ3v) is 10.4. The minimum absolute atomic E-state index is 0.137. The number of carboxylic acid groups (broad SMARTS) is 1. The summed E-state index contributed by atoms with van der Waals surface area (Å²) in [6, 6.07) is 3.29. The summed E-state index contributed by atoms with van der Waals surface area (Å²) in [4.78, 5) is 24.6. The van der Waals surface area contributed by atoms with Crippen LogP contribution in [0.15, 0.2) is 28.0 Å². The van der Waals surface area contributed by atoms with Gasteiger partial charge in [-0.15, -0.1) is 16.0 Å². The average molecular weight is 602 g/mol. The molecule has 12 nitrogen and oxygen atoms in total. The second-order valence-corrected chi connectivity index (χ2v) is 13.0. The van der Waals surface area contributed by atoms with E-state index in [9.17, 15) is 15.2 Å². The number of rotatable bonds is 6. The molecule has 0 bridgehead atoms. The van der Waals surface area contributed by atoms with E-state index in [1.54, 1.807) is 12.3 Å². The Labute approximate surface area is 252 Å². The summed E-state index contributed by atoms with van der Waals surface area (Å²) >= 11 is 1.51. The van der Waals surface area contributed by atoms with E-state index in [0.29, 0.717) is 33.8 Å². The highest BCUT2D eigenvalue weighted by Gasteiger charge is 2.48. The zero-order valence-corrected chi connectivity index (χ0v) is 24.9. The van der Waals surface area contributed by atoms with Crippen molar-refractivity contribution >= 4 is 28.1 Å². The number of nitrogens with zero attached hydrogens (tertiary/aromatic N) is 7. The van der Waals surface area contributed by atoms with Crippen molar-refractivity contribution < 1.29 is 23.9 Å². The van der Waals surface area contributed by atoms with Crippen LogP contribution in [-0.4, -0.2) is 67.6 Å². The lowest BCUT2D eigenvalue weighted by atomic mass is 9.62. The fourth-order valence-corrected chi connectivity index (χ4v) is 8.52. The first-order valence-corrected chi connectivity index (χ1v) is 15.6. The van der Waals surface area contributed by atoms with Gasteiger partial charge in [0.05, 0.1) is 17.3 Å². The molecule has 222 valence electrons. The molecule has 1 unspecified atom stereocenters. The smallest absolute Gasteiger partial charge is 0.356 e. The zero-order valence-electron chi connectivity index (χ0n) is 24.1. The highest BCUT2D eigenvalue weighted by atomic mass is 32.1. The molecular formula is C30H33N8O4S+. The molecule has 1 spiro atoms. The first-order valence-electron chi connectivity index (χ1n) is 14.8. The van der Waals surface area contributed by atoms with E-state index in [2.05, 4.69) is 28.3 Å². The van der Waals surface area contributed by atoms with Crippen LogP contribution < -0.4 is 10.5 Å². The maximum Gasteiger partial charge on any atom is 0.356 e. The van der Waals surface area contributed by atoms with Gasteiger partial charge in [0.25, 0.3) is 0 Å². The number of anilines is 1. The lowest BCUT2D eigenvalue weighted by molar-refractivity contribution is -0.439. The number of nitrogens with two attached hydrogens (primary N) is 1. The Bertz CT molecular complexity index is 1720. The Morgan fingerprint density at radius 3 is 2.86 bits per heavy atom. The topological polar surface area (TPSA) is 167 Å². The van der Waals surface area contributed by atoms with Crippen molar-refractivity contribution in [2.75, 3.05) is 19.3 Å². The third-order valence-electron chi connectivity index (χ3n) is 9.34. The molecule has 1 fully saturated rings. The maximum absolute atomic E-state index is 11.6. The fourth-order valence-electron chi connectivity index (χ4n) is 7.36. The van der Waals surface area contributed by atoms with Crippen molar-refractivity contribution in [3.05, 3.63) is 45.6 Å². The Kier molecular flexibility index (Phi) is 6.78. The molecule has 5 heterocycles. The molecule has 3 aromatic rings. The second-order valence-electron chi connectivity index (χ2n) is 11.9. The van der Waals surface area contributed by atoms with Gasteiger partial charge in [0.1, 0.15) is 23.4 Å². The van der Waals surface area contributed by atoms with Gasteiger partial charge in [-0.3, -0.25) is 4.90 Å². The predicted molar refractivity (Wildman–Crippen MR) is 156 cm³/mol. The molecule has 2 aliphatic heterocycles. The van der Waals surface area contributed by atoms with Crippen molar-refractivity contribution in [3.8, 4) is 23.5 Å². The molecule has 0 aromatic carbocycles. The molecule has 3 aromatic heterocycles. The van der Waals surface area contributed by atoms with E-state index in [1.807, 2.05) is 6.92 Å². The van der Waals surface area contributed by atoms with E-state index >= 15 is 0 Å². The molecular weight excluding hydrogens is 568 g/mol. The summed E-state index contributed by atoms with van der Waals surface area (Å²) in [6.07, 6.45) is 10.3. The van der Waals surface area contributed by atoms with Crippen LogP contribution in [0.5, 0.6) is 5.88 Å². The van der Waals surface area contributed by atoms with Crippen LogP contribution in [0.4, 0.5) is 10.8 Å². The number of likely N-dealkylation sites (tertiary alicyclic amines) is 1. The summed E-state index contributed by atoms with van der Waals surface area (Å²) in [5.74, 6) is 0.435. The van der Waals surface area contributed by atoms with Gasteiger partial charge in [-0.2, -0.15) is 10.2 Å². The maximum atomic E-state index is 11.6. The summed E-state index contributed by atoms with van der Waals surface area (Å²) in [5.41, 5.74) is 9.20. The van der Waals surface area contributed by atoms with Gasteiger partial charge in [0.15, 0.2) is 0 Å². The van der Waals surface area contributed by atoms with Crippen molar-refractivity contribution in [1.82, 2.24) is 20.0 Å². The van der Waals surface area contributed by atoms with E-state index in [1.165, 1.54) is 22.1 Å². The van der Waals surface area contributed by atoms with Crippen molar-refractivity contribution in [2.24, 2.45) is 5.11 Å². The molecule has 7 rings (SSSR count). The molecule has 1 saturated heterocycles. The monoisotopic (exact) mass is 601 g/mol. The standard InChI is InChI=1S/C30H32N8O4S/c1-16(20-7-5-12-37(20)2)41-23-14-22(38-13-9-19(35-38)29(39)40)33-28(34-23)25-17-6-3-10-30(26(17)36-42-25)11-4-8-21-24(30)18(15-31)27(32)43-21/h9,13-14,16,19-20H,3-8,10-12,32H2,1-2H3/p+1/t16-,19?,20-,30-/m0/s1. The molecule has 43 heavy (non-hydrogen) atoms. The number of aryl methyl sites for hydroxylation is 1. The van der Waals surface area contributed by atoms with Gasteiger partial charge in [0, 0.05) is 21.9 Å². The number of nitrogen functional groups attached to an aromatic ring is 1. The molecule has 13 heteroatoms. The molecule has 0 radical (unpaired) electrons. The number of aromatic nitrogens is 3. The van der Waals surface area contributed by atoms with Crippen LogP contribution in [0.1, 0.15) is 72.7 Å². The van der Waals surface area contributed by atoms with E-state index < -0.39 is 17.4 Å². The highest BCUT2D eigenvalue weighted by molar-refractivity contribution is 7.16. The van der Waals surface area contributed by atoms with Crippen molar-refractivity contribution in [1.29, 1.82) is 5.26 Å². The number of nitriles is 1. The molecule has 0 amide bonds. The minimum atomic E-state index is -1.05. The van der Waals surface area contributed by atoms with Crippen LogP contribution in [0.25, 0.3) is 11.6 Å². The van der Waals surface area contributed by atoms with Gasteiger partial charge >= 0.3 is 17.6 Å². The van der Waals surface area contributed by atoms with Gasteiger partial charge < -0.3 is 20.1 Å². The highest BCUT2D eigenvalue weighted by Crippen LogP contribution is 2.54. The Hall–Kier alpha value is -4.15. The number of fused-ring (bicyclic) bond motifs is 4. The zero-order chi connectivity index (χ0) is 29.9. The molecule has 4 atom stereocenters. The third kappa shape index (κ3) is 4.51. The quantitative estimate of drug-likeness (QED) is 0.383. The molecule has 0 saturated carbocycles. The predicted octanol–water partition coefficient (Wildman–Crippen LogP) is 4.54. The number of thiophene rings is 1. The summed E-state index contributed by atoms with van der Waals surface area (Å²) in [5, 5.41) is 29.0. The lowest BCUT2D eigenvalue weighted by Gasteiger charge is -2.39. The lowest BCUT2D eigenvalue weighted by Crippen LogP contribution is -2.38. The first-order chi connectivity index (χ1) is 20.8. The summed E-state index contributed by atoms with van der Waals surface area (Å²) in [7, 11) is 2.10. The first kappa shape index (κ1) is 27.7. The van der Waals surface area contributed by atoms with Gasteiger partial charge in [-0.25, -0.2) is 4.79 Å². The number of hydrogen-bond donors (Lipinski definition) is 2. The van der Waals surface area contributed by atoms with E-state index in [-0.39, 0.29) is 12.1 Å². The van der Waals surface area contributed by atoms with Crippen LogP contribution in [0, 0.1) is 11.3 Å². The number of carboxylic acids is 1. The molecule has 2 aliphatic carbocycles. The van der Waals surface area contributed by atoms with Crippen LogP contribution >= 0.6 is 11.3 Å². The van der Waals surface area contributed by atoms with Gasteiger partial charge in [0.2, 0.25) is 17.7 Å². The van der Waals surface area contributed by atoms with Crippen molar-refractivity contribution in [3.63, 3.8) is 0 Å². The largest absolute Gasteiger partial charge is 0.479 e. The number of azo groups is 2. The Morgan fingerprint density at radius 1 is 1.33 bits per heavy atom. The fraction of sp³-hybridized carbons (Fsp3) is 0.500. The van der Waals surface area contributed by atoms with E-state index in [4.69, 9.17) is 25.0 Å². The van der Waals surface area contributed by atoms with Crippen LogP contribution in [-0.2, 0) is 23.1 Å². The molecule has 4 aliphatic rings.